The Bertz CT molecular complexity index is 458. The summed E-state index contributed by atoms with van der Waals surface area (Å²) in [6.07, 6.45) is 0.679. The number of nitrogens with one attached hydrogen (secondary N) is 2. The van der Waals surface area contributed by atoms with Crippen molar-refractivity contribution in [3.05, 3.63) is 29.8 Å². The lowest BCUT2D eigenvalue weighted by molar-refractivity contribution is -0.136. The largest absolute Gasteiger partial charge is 0.385 e. The molecule has 0 fully saturated rings. The van der Waals surface area contributed by atoms with Crippen LogP contribution in [0, 0.1) is 0 Å². The number of ether oxygens (including phenoxy) is 1. The molecule has 1 rings (SSSR count). The molecule has 0 bridgehead atoms. The van der Waals surface area contributed by atoms with Gasteiger partial charge in [-0.2, -0.15) is 0 Å². The first-order valence-electron chi connectivity index (χ1n) is 6.73. The molecule has 110 valence electrons. The third-order valence-corrected chi connectivity index (χ3v) is 2.85. The molecule has 1 aromatic carbocycles. The molecule has 5 nitrogen and oxygen atoms in total. The second kappa shape index (κ2) is 8.32. The minimum Gasteiger partial charge on any atom is -0.385 e. The van der Waals surface area contributed by atoms with E-state index in [4.69, 9.17) is 4.74 Å². The highest BCUT2D eigenvalue weighted by molar-refractivity contribution is 6.39. The van der Waals surface area contributed by atoms with Crippen molar-refractivity contribution in [1.29, 1.82) is 0 Å². The number of hydrogen-bond donors (Lipinski definition) is 2. The van der Waals surface area contributed by atoms with Gasteiger partial charge in [0.1, 0.15) is 0 Å². The van der Waals surface area contributed by atoms with Crippen molar-refractivity contribution in [2.45, 2.75) is 26.2 Å². The van der Waals surface area contributed by atoms with E-state index in [0.29, 0.717) is 25.3 Å². The average Bonchev–Trinajstić information content (AvgIpc) is 2.43. The number of para-hydroxylation sites is 1. The first-order chi connectivity index (χ1) is 9.56. The van der Waals surface area contributed by atoms with Crippen LogP contribution in [0.25, 0.3) is 0 Å². The Hall–Kier alpha value is -1.88. The van der Waals surface area contributed by atoms with Gasteiger partial charge in [0.15, 0.2) is 0 Å². The van der Waals surface area contributed by atoms with E-state index in [1.807, 2.05) is 32.0 Å². The second-order valence-corrected chi connectivity index (χ2v) is 4.80. The monoisotopic (exact) mass is 278 g/mol. The first kappa shape index (κ1) is 16.2. The molecule has 0 unspecified atom stereocenters. The van der Waals surface area contributed by atoms with Crippen LogP contribution in [0.15, 0.2) is 24.3 Å². The summed E-state index contributed by atoms with van der Waals surface area (Å²) in [6, 6.07) is 7.48. The van der Waals surface area contributed by atoms with Gasteiger partial charge in [0.25, 0.3) is 0 Å². The third kappa shape index (κ3) is 5.01. The van der Waals surface area contributed by atoms with Gasteiger partial charge < -0.3 is 15.4 Å². The molecule has 0 aromatic heterocycles. The maximum atomic E-state index is 11.8. The van der Waals surface area contributed by atoms with E-state index in [-0.39, 0.29) is 5.92 Å². The lowest BCUT2D eigenvalue weighted by atomic mass is 10.0. The molecule has 20 heavy (non-hydrogen) atoms. The summed E-state index contributed by atoms with van der Waals surface area (Å²) in [5, 5.41) is 5.21. The first-order valence-corrected chi connectivity index (χ1v) is 6.73. The molecule has 1 aromatic rings. The van der Waals surface area contributed by atoms with Crippen molar-refractivity contribution in [3.63, 3.8) is 0 Å². The highest BCUT2D eigenvalue weighted by Gasteiger charge is 2.15. The standard InChI is InChI=1S/C15H22N2O3/c1-11(2)12-7-4-5-8-13(12)17-15(19)14(18)16-9-6-10-20-3/h4-5,7-8,11H,6,9-10H2,1-3H3,(H,16,18)(H,17,19). The van der Waals surface area contributed by atoms with Crippen LogP contribution in [0.3, 0.4) is 0 Å². The van der Waals surface area contributed by atoms with Gasteiger partial charge in [0, 0.05) is 25.9 Å². The normalized spacial score (nSPS) is 10.4. The van der Waals surface area contributed by atoms with Crippen LogP contribution in [-0.4, -0.2) is 32.1 Å². The van der Waals surface area contributed by atoms with Gasteiger partial charge in [-0.3, -0.25) is 9.59 Å². The molecular weight excluding hydrogens is 256 g/mol. The molecule has 0 spiro atoms. The summed E-state index contributed by atoms with van der Waals surface area (Å²) in [5.74, 6) is -0.994. The Morgan fingerprint density at radius 2 is 1.90 bits per heavy atom. The van der Waals surface area contributed by atoms with E-state index in [0.717, 1.165) is 5.56 Å². The van der Waals surface area contributed by atoms with Gasteiger partial charge in [0.05, 0.1) is 0 Å². The quantitative estimate of drug-likeness (QED) is 0.617. The topological polar surface area (TPSA) is 67.4 Å². The number of carbonyl (C=O) groups excluding carboxylic acids is 2. The van der Waals surface area contributed by atoms with Gasteiger partial charge in [-0.25, -0.2) is 0 Å². The van der Waals surface area contributed by atoms with E-state index in [1.54, 1.807) is 13.2 Å². The summed E-state index contributed by atoms with van der Waals surface area (Å²) in [6.45, 7) is 5.05. The fraction of sp³-hybridized carbons (Fsp3) is 0.467. The van der Waals surface area contributed by atoms with Crippen LogP contribution < -0.4 is 10.6 Å². The number of hydrogen-bond acceptors (Lipinski definition) is 3. The van der Waals surface area contributed by atoms with Crippen molar-refractivity contribution >= 4 is 17.5 Å². The Morgan fingerprint density at radius 3 is 2.55 bits per heavy atom. The summed E-state index contributed by atoms with van der Waals surface area (Å²) in [4.78, 5) is 23.4. The molecule has 0 radical (unpaired) electrons. The molecule has 2 N–H and O–H groups in total. The number of methoxy groups -OCH3 is 1. The van der Waals surface area contributed by atoms with Crippen molar-refractivity contribution < 1.29 is 14.3 Å². The lowest BCUT2D eigenvalue weighted by Crippen LogP contribution is -2.36. The van der Waals surface area contributed by atoms with Crippen LogP contribution in [0.1, 0.15) is 31.7 Å². The number of benzene rings is 1. The Kier molecular flexibility index (Phi) is 6.73. The maximum Gasteiger partial charge on any atom is 0.313 e. The summed E-state index contributed by atoms with van der Waals surface area (Å²) in [5.41, 5.74) is 1.69. The molecule has 0 atom stereocenters. The van der Waals surface area contributed by atoms with Gasteiger partial charge in [-0.1, -0.05) is 32.0 Å². The van der Waals surface area contributed by atoms with Crippen LogP contribution in [0.2, 0.25) is 0 Å². The van der Waals surface area contributed by atoms with Crippen LogP contribution >= 0.6 is 0 Å². The van der Waals surface area contributed by atoms with Gasteiger partial charge in [-0.15, -0.1) is 0 Å². The van der Waals surface area contributed by atoms with Crippen LogP contribution in [0.4, 0.5) is 5.69 Å². The molecule has 0 aliphatic heterocycles. The van der Waals surface area contributed by atoms with Crippen molar-refractivity contribution in [3.8, 4) is 0 Å². The fourth-order valence-corrected chi connectivity index (χ4v) is 1.79. The van der Waals surface area contributed by atoms with Crippen molar-refractivity contribution in [2.75, 3.05) is 25.6 Å². The van der Waals surface area contributed by atoms with E-state index in [9.17, 15) is 9.59 Å². The SMILES string of the molecule is COCCCNC(=O)C(=O)Nc1ccccc1C(C)C. The highest BCUT2D eigenvalue weighted by atomic mass is 16.5. The fourth-order valence-electron chi connectivity index (χ4n) is 1.79. The van der Waals surface area contributed by atoms with Crippen molar-refractivity contribution in [1.82, 2.24) is 5.32 Å². The molecule has 5 heteroatoms. The van der Waals surface area contributed by atoms with E-state index in [2.05, 4.69) is 10.6 Å². The Labute approximate surface area is 119 Å². The summed E-state index contributed by atoms with van der Waals surface area (Å²) in [7, 11) is 1.59. The zero-order valence-corrected chi connectivity index (χ0v) is 12.2. The predicted molar refractivity (Wildman–Crippen MR) is 78.7 cm³/mol. The van der Waals surface area contributed by atoms with Crippen molar-refractivity contribution in [2.24, 2.45) is 0 Å². The van der Waals surface area contributed by atoms with Crippen LogP contribution in [0.5, 0.6) is 0 Å². The minimum atomic E-state index is -0.643. The molecular formula is C15H22N2O3. The molecule has 0 aliphatic carbocycles. The van der Waals surface area contributed by atoms with Crippen LogP contribution in [-0.2, 0) is 14.3 Å². The number of carbonyl (C=O) groups is 2. The van der Waals surface area contributed by atoms with E-state index >= 15 is 0 Å². The minimum absolute atomic E-state index is 0.274. The smallest absolute Gasteiger partial charge is 0.313 e. The maximum absolute atomic E-state index is 11.8. The Morgan fingerprint density at radius 1 is 1.20 bits per heavy atom. The molecule has 0 saturated carbocycles. The van der Waals surface area contributed by atoms with Gasteiger partial charge in [0.2, 0.25) is 0 Å². The number of rotatable bonds is 6. The van der Waals surface area contributed by atoms with E-state index < -0.39 is 11.8 Å². The summed E-state index contributed by atoms with van der Waals surface area (Å²) < 4.78 is 4.87. The highest BCUT2D eigenvalue weighted by Crippen LogP contribution is 2.23. The zero-order chi connectivity index (χ0) is 15.0. The predicted octanol–water partition coefficient (Wildman–Crippen LogP) is 1.90. The molecule has 0 aliphatic rings. The number of amides is 2. The average molecular weight is 278 g/mol. The van der Waals surface area contributed by atoms with Gasteiger partial charge in [-0.05, 0) is 24.0 Å². The summed E-state index contributed by atoms with van der Waals surface area (Å²) >= 11 is 0. The third-order valence-electron chi connectivity index (χ3n) is 2.85. The zero-order valence-electron chi connectivity index (χ0n) is 12.2. The Balaban J connectivity index is 2.55. The molecule has 2 amide bonds. The number of anilines is 1. The molecule has 0 saturated heterocycles. The van der Waals surface area contributed by atoms with E-state index in [1.165, 1.54) is 0 Å². The second-order valence-electron chi connectivity index (χ2n) is 4.80. The lowest BCUT2D eigenvalue weighted by Gasteiger charge is -2.13. The molecule has 0 heterocycles. The van der Waals surface area contributed by atoms with Gasteiger partial charge >= 0.3 is 11.8 Å².